The summed E-state index contributed by atoms with van der Waals surface area (Å²) >= 11 is 0. The van der Waals surface area contributed by atoms with E-state index < -0.39 is 0 Å². The molecule has 2 heterocycles. The Morgan fingerprint density at radius 1 is 0.879 bits per heavy atom. The number of piperidine rings is 2. The first-order valence-electron chi connectivity index (χ1n) is 12.1. The molecular formula is C28H35N3O2. The van der Waals surface area contributed by atoms with Crippen LogP contribution in [-0.2, 0) is 16.1 Å². The van der Waals surface area contributed by atoms with Crippen LogP contribution in [0.25, 0.3) is 6.08 Å². The van der Waals surface area contributed by atoms with Gasteiger partial charge in [0.15, 0.2) is 0 Å². The summed E-state index contributed by atoms with van der Waals surface area (Å²) in [6.07, 6.45) is 7.46. The minimum Gasteiger partial charge on any atom is -0.341 e. The van der Waals surface area contributed by atoms with Gasteiger partial charge in [-0.3, -0.25) is 9.59 Å². The molecular weight excluding hydrogens is 410 g/mol. The van der Waals surface area contributed by atoms with Crippen molar-refractivity contribution in [2.24, 2.45) is 5.92 Å². The zero-order valence-corrected chi connectivity index (χ0v) is 19.6. The average Bonchev–Trinajstić information content (AvgIpc) is 2.88. The van der Waals surface area contributed by atoms with E-state index in [1.807, 2.05) is 71.5 Å². The summed E-state index contributed by atoms with van der Waals surface area (Å²) in [6.45, 7) is 4.23. The first-order valence-corrected chi connectivity index (χ1v) is 12.1. The maximum absolute atomic E-state index is 12.9. The standard InChI is InChI=1S/C28H35N3O2/c1-29(22-24-10-6-3-7-11-24)28(33)25-14-18-30(19-15-25)26-16-20-31(21-17-26)27(32)13-12-23-8-4-2-5-9-23/h2-13,25-26H,14-22H2,1H3/b13-12+. The fourth-order valence-corrected chi connectivity index (χ4v) is 5.05. The van der Waals surface area contributed by atoms with Gasteiger partial charge in [-0.05, 0) is 56.0 Å². The molecule has 2 amide bonds. The smallest absolute Gasteiger partial charge is 0.246 e. The third-order valence-electron chi connectivity index (χ3n) is 7.03. The van der Waals surface area contributed by atoms with Crippen LogP contribution in [0.1, 0.15) is 36.8 Å². The third kappa shape index (κ3) is 6.32. The predicted octanol–water partition coefficient (Wildman–Crippen LogP) is 4.06. The molecule has 0 saturated carbocycles. The molecule has 0 spiro atoms. The van der Waals surface area contributed by atoms with Crippen LogP contribution in [0.4, 0.5) is 0 Å². The lowest BCUT2D eigenvalue weighted by Crippen LogP contribution is -2.50. The second kappa shape index (κ2) is 11.3. The summed E-state index contributed by atoms with van der Waals surface area (Å²) in [6, 6.07) is 20.6. The van der Waals surface area contributed by atoms with Gasteiger partial charge in [-0.25, -0.2) is 0 Å². The van der Waals surface area contributed by atoms with Gasteiger partial charge in [-0.1, -0.05) is 60.7 Å². The van der Waals surface area contributed by atoms with Crippen molar-refractivity contribution in [3.05, 3.63) is 77.9 Å². The molecule has 2 saturated heterocycles. The van der Waals surface area contributed by atoms with Gasteiger partial charge in [-0.15, -0.1) is 0 Å². The van der Waals surface area contributed by atoms with Crippen LogP contribution in [0, 0.1) is 5.92 Å². The van der Waals surface area contributed by atoms with Crippen molar-refractivity contribution in [2.45, 2.75) is 38.3 Å². The Morgan fingerprint density at radius 3 is 2.12 bits per heavy atom. The zero-order chi connectivity index (χ0) is 23.0. The molecule has 5 heteroatoms. The average molecular weight is 446 g/mol. The molecule has 2 aliphatic rings. The first kappa shape index (κ1) is 23.2. The minimum atomic E-state index is 0.100. The van der Waals surface area contributed by atoms with Crippen LogP contribution in [0.5, 0.6) is 0 Å². The highest BCUT2D eigenvalue weighted by molar-refractivity contribution is 5.91. The largest absolute Gasteiger partial charge is 0.341 e. The van der Waals surface area contributed by atoms with Crippen molar-refractivity contribution in [3.63, 3.8) is 0 Å². The maximum Gasteiger partial charge on any atom is 0.246 e. The van der Waals surface area contributed by atoms with Gasteiger partial charge in [-0.2, -0.15) is 0 Å². The second-order valence-corrected chi connectivity index (χ2v) is 9.29. The summed E-state index contributed by atoms with van der Waals surface area (Å²) in [4.78, 5) is 31.9. The monoisotopic (exact) mass is 445 g/mol. The van der Waals surface area contributed by atoms with Crippen molar-refractivity contribution >= 4 is 17.9 Å². The second-order valence-electron chi connectivity index (χ2n) is 9.29. The topological polar surface area (TPSA) is 43.9 Å². The fraction of sp³-hybridized carbons (Fsp3) is 0.429. The normalized spacial score (nSPS) is 18.5. The highest BCUT2D eigenvalue weighted by Crippen LogP contribution is 2.25. The molecule has 4 rings (SSSR count). The molecule has 0 bridgehead atoms. The van der Waals surface area contributed by atoms with Crippen molar-refractivity contribution < 1.29 is 9.59 Å². The van der Waals surface area contributed by atoms with E-state index in [9.17, 15) is 9.59 Å². The molecule has 2 aliphatic heterocycles. The van der Waals surface area contributed by atoms with E-state index >= 15 is 0 Å². The summed E-state index contributed by atoms with van der Waals surface area (Å²) in [5.41, 5.74) is 2.22. The summed E-state index contributed by atoms with van der Waals surface area (Å²) in [5, 5.41) is 0. The Hall–Kier alpha value is -2.92. The number of benzene rings is 2. The molecule has 174 valence electrons. The van der Waals surface area contributed by atoms with Gasteiger partial charge in [0.25, 0.3) is 0 Å². The van der Waals surface area contributed by atoms with Crippen LogP contribution in [0.3, 0.4) is 0 Å². The number of amides is 2. The highest BCUT2D eigenvalue weighted by atomic mass is 16.2. The summed E-state index contributed by atoms with van der Waals surface area (Å²) in [5.74, 6) is 0.493. The molecule has 0 aliphatic carbocycles. The molecule has 0 radical (unpaired) electrons. The predicted molar refractivity (Wildman–Crippen MR) is 132 cm³/mol. The zero-order valence-electron chi connectivity index (χ0n) is 19.6. The molecule has 0 atom stereocenters. The number of carbonyl (C=O) groups excluding carboxylic acids is 2. The van der Waals surface area contributed by atoms with E-state index in [4.69, 9.17) is 0 Å². The number of likely N-dealkylation sites (tertiary alicyclic amines) is 2. The molecule has 0 unspecified atom stereocenters. The lowest BCUT2D eigenvalue weighted by Gasteiger charge is -2.41. The van der Waals surface area contributed by atoms with Crippen molar-refractivity contribution in [2.75, 3.05) is 33.2 Å². The third-order valence-corrected chi connectivity index (χ3v) is 7.03. The van der Waals surface area contributed by atoms with Gasteiger partial charge < -0.3 is 14.7 Å². The minimum absolute atomic E-state index is 0.100. The van der Waals surface area contributed by atoms with Gasteiger partial charge in [0.1, 0.15) is 0 Å². The Labute approximate surface area is 197 Å². The fourth-order valence-electron chi connectivity index (χ4n) is 5.05. The molecule has 5 nitrogen and oxygen atoms in total. The Kier molecular flexibility index (Phi) is 7.95. The number of nitrogens with zero attached hydrogens (tertiary/aromatic N) is 3. The Morgan fingerprint density at radius 2 is 1.48 bits per heavy atom. The highest BCUT2D eigenvalue weighted by Gasteiger charge is 2.32. The SMILES string of the molecule is CN(Cc1ccccc1)C(=O)C1CCN(C2CCN(C(=O)/C=C/c3ccccc3)CC2)CC1. The van der Waals surface area contributed by atoms with E-state index in [0.29, 0.717) is 12.6 Å². The van der Waals surface area contributed by atoms with Crippen molar-refractivity contribution in [1.82, 2.24) is 14.7 Å². The van der Waals surface area contributed by atoms with E-state index in [-0.39, 0.29) is 17.7 Å². The first-order chi connectivity index (χ1) is 16.1. The number of hydrogen-bond acceptors (Lipinski definition) is 3. The molecule has 33 heavy (non-hydrogen) atoms. The number of rotatable bonds is 6. The lowest BCUT2D eigenvalue weighted by atomic mass is 9.92. The van der Waals surface area contributed by atoms with E-state index in [2.05, 4.69) is 17.0 Å². The molecule has 2 fully saturated rings. The van der Waals surface area contributed by atoms with Gasteiger partial charge in [0.2, 0.25) is 11.8 Å². The number of carbonyl (C=O) groups is 2. The van der Waals surface area contributed by atoms with Crippen LogP contribution in [0.15, 0.2) is 66.7 Å². The van der Waals surface area contributed by atoms with E-state index in [1.165, 1.54) is 5.56 Å². The van der Waals surface area contributed by atoms with E-state index in [0.717, 1.165) is 57.4 Å². The van der Waals surface area contributed by atoms with Gasteiger partial charge in [0, 0.05) is 44.7 Å². The van der Waals surface area contributed by atoms with Gasteiger partial charge >= 0.3 is 0 Å². The maximum atomic E-state index is 12.9. The summed E-state index contributed by atoms with van der Waals surface area (Å²) < 4.78 is 0. The van der Waals surface area contributed by atoms with Crippen LogP contribution < -0.4 is 0 Å². The lowest BCUT2D eigenvalue weighted by molar-refractivity contribution is -0.137. The summed E-state index contributed by atoms with van der Waals surface area (Å²) in [7, 11) is 1.92. The molecule has 0 aromatic heterocycles. The van der Waals surface area contributed by atoms with Gasteiger partial charge in [0.05, 0.1) is 0 Å². The Bertz CT molecular complexity index is 928. The quantitative estimate of drug-likeness (QED) is 0.630. The number of hydrogen-bond donors (Lipinski definition) is 0. The van der Waals surface area contributed by atoms with Crippen LogP contribution in [-0.4, -0.2) is 65.8 Å². The molecule has 2 aromatic rings. The van der Waals surface area contributed by atoms with Crippen LogP contribution in [0.2, 0.25) is 0 Å². The van der Waals surface area contributed by atoms with E-state index in [1.54, 1.807) is 6.08 Å². The van der Waals surface area contributed by atoms with Crippen molar-refractivity contribution in [3.8, 4) is 0 Å². The molecule has 0 N–H and O–H groups in total. The Balaban J connectivity index is 1.19. The van der Waals surface area contributed by atoms with Crippen LogP contribution >= 0.6 is 0 Å². The molecule has 2 aromatic carbocycles. The van der Waals surface area contributed by atoms with Crippen molar-refractivity contribution in [1.29, 1.82) is 0 Å².